The summed E-state index contributed by atoms with van der Waals surface area (Å²) in [6.45, 7) is 0. The van der Waals surface area contributed by atoms with E-state index >= 15 is 0 Å². The van der Waals surface area contributed by atoms with Crippen molar-refractivity contribution in [1.82, 2.24) is 0 Å². The molecule has 24 heavy (non-hydrogen) atoms. The van der Waals surface area contributed by atoms with Gasteiger partial charge in [-0.1, -0.05) is 11.6 Å². The third-order valence-corrected chi connectivity index (χ3v) is 4.12. The predicted octanol–water partition coefficient (Wildman–Crippen LogP) is 3.09. The molecule has 3 rings (SSSR count). The Morgan fingerprint density at radius 1 is 1.08 bits per heavy atom. The Morgan fingerprint density at radius 3 is 2.54 bits per heavy atom. The van der Waals surface area contributed by atoms with Crippen molar-refractivity contribution >= 4 is 40.5 Å². The normalized spacial score (nSPS) is 14.5. The van der Waals surface area contributed by atoms with Crippen molar-refractivity contribution in [1.29, 1.82) is 0 Å². The number of hydrogen-bond donors (Lipinski definition) is 1. The average molecular weight is 347 g/mol. The predicted molar refractivity (Wildman–Crippen MR) is 91.3 cm³/mol. The van der Waals surface area contributed by atoms with E-state index in [1.165, 1.54) is 29.0 Å². The molecule has 6 nitrogen and oxygen atoms in total. The van der Waals surface area contributed by atoms with Crippen LogP contribution in [0.4, 0.5) is 17.1 Å². The number of carbonyl (C=O) groups is 2. The van der Waals surface area contributed by atoms with Gasteiger partial charge in [-0.3, -0.25) is 14.5 Å². The lowest BCUT2D eigenvalue weighted by atomic mass is 10.2. The fraction of sp³-hybridized carbons (Fsp3) is 0.176. The molecule has 0 saturated heterocycles. The second-order valence-corrected chi connectivity index (χ2v) is 5.78. The van der Waals surface area contributed by atoms with Gasteiger partial charge < -0.3 is 14.7 Å². The van der Waals surface area contributed by atoms with Gasteiger partial charge in [-0.25, -0.2) is 0 Å². The van der Waals surface area contributed by atoms with Crippen LogP contribution < -0.4 is 14.5 Å². The highest BCUT2D eigenvalue weighted by atomic mass is 35.5. The summed E-state index contributed by atoms with van der Waals surface area (Å²) in [6, 6.07) is 9.53. The molecule has 1 heterocycles. The lowest BCUT2D eigenvalue weighted by Crippen LogP contribution is -2.28. The zero-order valence-electron chi connectivity index (χ0n) is 13.1. The largest absolute Gasteiger partial charge is 0.504 e. The maximum Gasteiger partial charge on any atom is 0.241 e. The van der Waals surface area contributed by atoms with Crippen molar-refractivity contribution in [3.8, 4) is 11.5 Å². The van der Waals surface area contributed by atoms with Gasteiger partial charge in [0, 0.05) is 18.1 Å². The number of nitrogens with zero attached hydrogens (tertiary/aromatic N) is 2. The van der Waals surface area contributed by atoms with E-state index in [0.717, 1.165) is 0 Å². The first-order valence-corrected chi connectivity index (χ1v) is 7.56. The molecule has 1 N–H and O–H groups in total. The van der Waals surface area contributed by atoms with Crippen molar-refractivity contribution in [2.75, 3.05) is 24.0 Å². The van der Waals surface area contributed by atoms with Crippen LogP contribution in [-0.2, 0) is 9.59 Å². The summed E-state index contributed by atoms with van der Waals surface area (Å²) in [5.41, 5.74) is 1.54. The zero-order valence-corrected chi connectivity index (χ0v) is 13.9. The number of rotatable bonds is 2. The Bertz CT molecular complexity index is 837. The van der Waals surface area contributed by atoms with Gasteiger partial charge in [0.05, 0.1) is 24.2 Å². The summed E-state index contributed by atoms with van der Waals surface area (Å²) in [5, 5.41) is 10.2. The summed E-state index contributed by atoms with van der Waals surface area (Å²) >= 11 is 6.09. The molecule has 124 valence electrons. The molecule has 2 amide bonds. The lowest BCUT2D eigenvalue weighted by molar-refractivity contribution is -0.125. The lowest BCUT2D eigenvalue weighted by Gasteiger charge is -2.24. The van der Waals surface area contributed by atoms with Crippen molar-refractivity contribution in [2.24, 2.45) is 0 Å². The van der Waals surface area contributed by atoms with Crippen molar-refractivity contribution in [3.05, 3.63) is 41.4 Å². The van der Waals surface area contributed by atoms with Gasteiger partial charge in [0.25, 0.3) is 0 Å². The molecule has 1 aliphatic heterocycles. The van der Waals surface area contributed by atoms with Gasteiger partial charge in [0.15, 0.2) is 11.5 Å². The van der Waals surface area contributed by atoms with Crippen LogP contribution >= 0.6 is 11.6 Å². The van der Waals surface area contributed by atoms with Gasteiger partial charge in [0.1, 0.15) is 6.42 Å². The van der Waals surface area contributed by atoms with Crippen LogP contribution in [0.1, 0.15) is 6.42 Å². The summed E-state index contributed by atoms with van der Waals surface area (Å²) < 4.78 is 5.11. The number of aromatic hydroxyl groups is 1. The monoisotopic (exact) mass is 346 g/mol. The minimum atomic E-state index is -0.388. The van der Waals surface area contributed by atoms with Crippen molar-refractivity contribution in [2.45, 2.75) is 6.42 Å². The number of methoxy groups -OCH3 is 1. The molecule has 2 aromatic rings. The number of anilines is 3. The first kappa shape index (κ1) is 16.1. The first-order valence-electron chi connectivity index (χ1n) is 7.18. The second kappa shape index (κ2) is 6.05. The van der Waals surface area contributed by atoms with Gasteiger partial charge in [-0.2, -0.15) is 0 Å². The molecule has 2 aromatic carbocycles. The Kier molecular flexibility index (Phi) is 4.07. The number of carbonyl (C=O) groups excluding carboxylic acids is 2. The Labute approximate surface area is 143 Å². The molecule has 0 aliphatic carbocycles. The van der Waals surface area contributed by atoms with Crippen LogP contribution in [0, 0.1) is 0 Å². The summed E-state index contributed by atoms with van der Waals surface area (Å²) in [4.78, 5) is 27.7. The number of phenolic OH excluding ortho intramolecular Hbond substituents is 1. The fourth-order valence-electron chi connectivity index (χ4n) is 2.64. The maximum absolute atomic E-state index is 12.7. The van der Waals surface area contributed by atoms with E-state index in [1.54, 1.807) is 31.3 Å². The third-order valence-electron chi connectivity index (χ3n) is 3.89. The molecular weight excluding hydrogens is 332 g/mol. The van der Waals surface area contributed by atoms with Gasteiger partial charge in [0.2, 0.25) is 11.8 Å². The van der Waals surface area contributed by atoms with E-state index in [-0.39, 0.29) is 29.7 Å². The molecule has 0 bridgehead atoms. The van der Waals surface area contributed by atoms with Gasteiger partial charge in [-0.05, 0) is 30.3 Å². The van der Waals surface area contributed by atoms with Crippen molar-refractivity contribution < 1.29 is 19.4 Å². The van der Waals surface area contributed by atoms with E-state index in [1.807, 2.05) is 0 Å². The number of ether oxygens (including phenoxy) is 1. The Morgan fingerprint density at radius 2 is 1.83 bits per heavy atom. The van der Waals surface area contributed by atoms with Crippen LogP contribution in [0.2, 0.25) is 5.02 Å². The van der Waals surface area contributed by atoms with Crippen LogP contribution in [0.25, 0.3) is 0 Å². The highest BCUT2D eigenvalue weighted by molar-refractivity contribution is 6.31. The molecule has 1 aliphatic rings. The molecule has 0 spiro atoms. The fourth-order valence-corrected chi connectivity index (χ4v) is 2.81. The summed E-state index contributed by atoms with van der Waals surface area (Å²) in [7, 11) is 3.04. The Balaban J connectivity index is 2.22. The molecule has 0 unspecified atom stereocenters. The number of hydrogen-bond acceptors (Lipinski definition) is 4. The quantitative estimate of drug-likeness (QED) is 0.848. The number of amides is 2. The van der Waals surface area contributed by atoms with Crippen LogP contribution in [0.5, 0.6) is 11.5 Å². The van der Waals surface area contributed by atoms with Gasteiger partial charge >= 0.3 is 0 Å². The SMILES string of the molecule is COc1cc(N2C(=O)CC(=O)N(C)c3ccc(Cl)cc32)ccc1O. The molecular formula is C17H15ClN2O4. The first-order chi connectivity index (χ1) is 11.4. The molecule has 7 heteroatoms. The third kappa shape index (κ3) is 2.65. The number of benzene rings is 2. The summed E-state index contributed by atoms with van der Waals surface area (Å²) in [6.07, 6.45) is -0.272. The van der Waals surface area contributed by atoms with Crippen LogP contribution in [-0.4, -0.2) is 31.1 Å². The number of fused-ring (bicyclic) bond motifs is 1. The van der Waals surface area contributed by atoms with E-state index in [9.17, 15) is 14.7 Å². The minimum absolute atomic E-state index is 0.0389. The maximum atomic E-state index is 12.7. The molecule has 0 atom stereocenters. The summed E-state index contributed by atoms with van der Waals surface area (Å²) in [5.74, 6) is -0.506. The minimum Gasteiger partial charge on any atom is -0.504 e. The molecule has 0 saturated carbocycles. The molecule has 0 aromatic heterocycles. The van der Waals surface area contributed by atoms with E-state index < -0.39 is 0 Å². The molecule has 0 fully saturated rings. The smallest absolute Gasteiger partial charge is 0.241 e. The zero-order chi connectivity index (χ0) is 17.4. The Hall–Kier alpha value is -2.73. The van der Waals surface area contributed by atoms with E-state index in [0.29, 0.717) is 22.1 Å². The average Bonchev–Trinajstić information content (AvgIpc) is 2.64. The number of phenols is 1. The van der Waals surface area contributed by atoms with Crippen LogP contribution in [0.15, 0.2) is 36.4 Å². The van der Waals surface area contributed by atoms with E-state index in [2.05, 4.69) is 0 Å². The van der Waals surface area contributed by atoms with Crippen LogP contribution in [0.3, 0.4) is 0 Å². The van der Waals surface area contributed by atoms with E-state index in [4.69, 9.17) is 16.3 Å². The topological polar surface area (TPSA) is 70.1 Å². The highest BCUT2D eigenvalue weighted by Gasteiger charge is 2.31. The highest BCUT2D eigenvalue weighted by Crippen LogP contribution is 2.41. The van der Waals surface area contributed by atoms with Crippen molar-refractivity contribution in [3.63, 3.8) is 0 Å². The van der Waals surface area contributed by atoms with Gasteiger partial charge in [-0.15, -0.1) is 0 Å². The molecule has 0 radical (unpaired) electrons. The number of halogens is 1. The second-order valence-electron chi connectivity index (χ2n) is 5.35. The standard InChI is InChI=1S/C17H15ClN2O4/c1-19-12-5-3-10(18)7-13(12)20(17(23)9-16(19)22)11-4-6-14(21)15(8-11)24-2/h3-8,21H,9H2,1-2H3.